The van der Waals surface area contributed by atoms with Gasteiger partial charge in [-0.05, 0) is 75.7 Å². The van der Waals surface area contributed by atoms with Crippen LogP contribution in [-0.4, -0.2) is 18.0 Å². The molecule has 1 heterocycles. The summed E-state index contributed by atoms with van der Waals surface area (Å²) in [5.41, 5.74) is 3.00. The molecule has 1 aliphatic heterocycles. The van der Waals surface area contributed by atoms with Gasteiger partial charge < -0.3 is 10.2 Å². The highest BCUT2D eigenvalue weighted by molar-refractivity contribution is 6.30. The first kappa shape index (κ1) is 21.6. The van der Waals surface area contributed by atoms with Crippen molar-refractivity contribution in [1.29, 1.82) is 5.26 Å². The predicted molar refractivity (Wildman–Crippen MR) is 121 cm³/mol. The molecule has 1 amide bonds. The van der Waals surface area contributed by atoms with Crippen molar-refractivity contribution in [2.75, 3.05) is 16.8 Å². The Labute approximate surface area is 181 Å². The molecule has 0 spiro atoms. The molecule has 0 radical (unpaired) electrons. The summed E-state index contributed by atoms with van der Waals surface area (Å²) in [5, 5.41) is 12.6. The van der Waals surface area contributed by atoms with Crippen molar-refractivity contribution in [2.24, 2.45) is 0 Å². The average Bonchev–Trinajstić information content (AvgIpc) is 2.68. The number of benzene rings is 2. The number of hydrogen-bond acceptors (Lipinski definition) is 3. The van der Waals surface area contributed by atoms with E-state index in [9.17, 15) is 14.4 Å². The van der Waals surface area contributed by atoms with Crippen LogP contribution in [0.15, 0.2) is 48.0 Å². The van der Waals surface area contributed by atoms with Crippen molar-refractivity contribution in [1.82, 2.24) is 0 Å². The summed E-state index contributed by atoms with van der Waals surface area (Å²) in [6.07, 6.45) is 3.42. The molecule has 0 aromatic heterocycles. The SMILES string of the molecule is CCN1c2cc(F)c(/C=C(\C#N)C(=O)Nc3ccc(Cl)cc3)cc2C(C)=CC1(C)C. The Hall–Kier alpha value is -3.10. The standard InChI is InChI=1S/C24H23ClFN3O/c1-5-29-22-12-21(26)16(11-20(22)15(2)13-24(29,3)4)10-17(14-27)23(30)28-19-8-6-18(25)7-9-19/h6-13H,5H2,1-4H3,(H,28,30)/b17-10+. The van der Waals surface area contributed by atoms with E-state index in [-0.39, 0.29) is 16.7 Å². The zero-order valence-electron chi connectivity index (χ0n) is 17.4. The number of anilines is 2. The van der Waals surface area contributed by atoms with E-state index in [1.807, 2.05) is 19.9 Å². The first-order chi connectivity index (χ1) is 14.2. The number of nitriles is 1. The molecule has 1 aliphatic rings. The smallest absolute Gasteiger partial charge is 0.266 e. The Kier molecular flexibility index (Phi) is 6.00. The summed E-state index contributed by atoms with van der Waals surface area (Å²) in [5.74, 6) is -1.09. The number of carbonyl (C=O) groups excluding carboxylic acids is 1. The first-order valence-corrected chi connectivity index (χ1v) is 10.0. The van der Waals surface area contributed by atoms with Crippen LogP contribution >= 0.6 is 11.6 Å². The van der Waals surface area contributed by atoms with Crippen molar-refractivity contribution in [3.05, 3.63) is 70.0 Å². The molecule has 2 aromatic carbocycles. The Morgan fingerprint density at radius 2 is 1.97 bits per heavy atom. The first-order valence-electron chi connectivity index (χ1n) is 9.66. The molecule has 6 heteroatoms. The van der Waals surface area contributed by atoms with E-state index in [1.165, 1.54) is 12.1 Å². The van der Waals surface area contributed by atoms with E-state index in [0.29, 0.717) is 10.7 Å². The fraction of sp³-hybridized carbons (Fsp3) is 0.250. The van der Waals surface area contributed by atoms with E-state index in [1.54, 1.807) is 30.3 Å². The van der Waals surface area contributed by atoms with Crippen molar-refractivity contribution in [3.8, 4) is 6.07 Å². The van der Waals surface area contributed by atoms with Gasteiger partial charge in [0.15, 0.2) is 0 Å². The Morgan fingerprint density at radius 1 is 1.30 bits per heavy atom. The molecular weight excluding hydrogens is 401 g/mol. The number of amides is 1. The predicted octanol–water partition coefficient (Wildman–Crippen LogP) is 6.05. The minimum atomic E-state index is -0.611. The van der Waals surface area contributed by atoms with Crippen LogP contribution in [0.1, 0.15) is 38.8 Å². The second kappa shape index (κ2) is 8.33. The van der Waals surface area contributed by atoms with Crippen molar-refractivity contribution in [3.63, 3.8) is 0 Å². The van der Waals surface area contributed by atoms with Crippen LogP contribution < -0.4 is 10.2 Å². The number of nitrogens with one attached hydrogen (secondary N) is 1. The summed E-state index contributed by atoms with van der Waals surface area (Å²) in [7, 11) is 0. The van der Waals surface area contributed by atoms with Gasteiger partial charge in [-0.1, -0.05) is 17.7 Å². The van der Waals surface area contributed by atoms with Crippen molar-refractivity contribution >= 4 is 40.5 Å². The summed E-state index contributed by atoms with van der Waals surface area (Å²) in [6.45, 7) is 8.91. The molecule has 154 valence electrons. The number of rotatable bonds is 4. The second-order valence-electron chi connectivity index (χ2n) is 7.75. The fourth-order valence-corrected chi connectivity index (χ4v) is 3.96. The lowest BCUT2D eigenvalue weighted by Crippen LogP contribution is -2.45. The van der Waals surface area contributed by atoms with Gasteiger partial charge in [-0.3, -0.25) is 4.79 Å². The molecule has 4 nitrogen and oxygen atoms in total. The number of hydrogen-bond donors (Lipinski definition) is 1. The maximum atomic E-state index is 15.0. The van der Waals surface area contributed by atoms with Crippen LogP contribution in [0.3, 0.4) is 0 Å². The van der Waals surface area contributed by atoms with Crippen LogP contribution in [0.2, 0.25) is 5.02 Å². The van der Waals surface area contributed by atoms with Crippen LogP contribution in [0.25, 0.3) is 11.6 Å². The van der Waals surface area contributed by atoms with E-state index in [2.05, 4.69) is 30.1 Å². The van der Waals surface area contributed by atoms with Crippen LogP contribution in [0.4, 0.5) is 15.8 Å². The summed E-state index contributed by atoms with van der Waals surface area (Å²) in [6, 6.07) is 11.6. The molecule has 0 atom stereocenters. The monoisotopic (exact) mass is 423 g/mol. The molecule has 1 N–H and O–H groups in total. The third-order valence-electron chi connectivity index (χ3n) is 5.18. The van der Waals surface area contributed by atoms with Crippen molar-refractivity contribution in [2.45, 2.75) is 33.2 Å². The molecular formula is C24H23ClFN3O. The molecule has 0 bridgehead atoms. The largest absolute Gasteiger partial charge is 0.363 e. The maximum Gasteiger partial charge on any atom is 0.266 e. The molecule has 0 saturated carbocycles. The molecule has 3 rings (SSSR count). The maximum absolute atomic E-state index is 15.0. The number of halogens is 2. The molecule has 0 aliphatic carbocycles. The van der Waals surface area contributed by atoms with Gasteiger partial charge in [0.2, 0.25) is 0 Å². The summed E-state index contributed by atoms with van der Waals surface area (Å²) >= 11 is 5.84. The van der Waals surface area contributed by atoms with Gasteiger partial charge >= 0.3 is 0 Å². The number of likely N-dealkylation sites (N-methyl/N-ethyl adjacent to an activating group) is 1. The number of nitrogens with zero attached hydrogens (tertiary/aromatic N) is 2. The lowest BCUT2D eigenvalue weighted by molar-refractivity contribution is -0.112. The molecule has 2 aromatic rings. The van der Waals surface area contributed by atoms with Gasteiger partial charge in [-0.2, -0.15) is 5.26 Å². The van der Waals surface area contributed by atoms with Crippen LogP contribution in [0.5, 0.6) is 0 Å². The normalized spacial score (nSPS) is 15.2. The van der Waals surface area contributed by atoms with E-state index in [0.717, 1.165) is 23.4 Å². The lowest BCUT2D eigenvalue weighted by Gasteiger charge is -2.42. The van der Waals surface area contributed by atoms with Crippen molar-refractivity contribution < 1.29 is 9.18 Å². The average molecular weight is 424 g/mol. The highest BCUT2D eigenvalue weighted by Gasteiger charge is 2.31. The minimum absolute atomic E-state index is 0.186. The Balaban J connectivity index is 1.98. The third kappa shape index (κ3) is 4.24. The third-order valence-corrected chi connectivity index (χ3v) is 5.43. The Bertz CT molecular complexity index is 1090. The zero-order chi connectivity index (χ0) is 22.1. The van der Waals surface area contributed by atoms with E-state index >= 15 is 0 Å². The number of fused-ring (bicyclic) bond motifs is 1. The minimum Gasteiger partial charge on any atom is -0.363 e. The molecule has 0 saturated heterocycles. The van der Waals surface area contributed by atoms with Crippen LogP contribution in [-0.2, 0) is 4.79 Å². The zero-order valence-corrected chi connectivity index (χ0v) is 18.1. The van der Waals surface area contributed by atoms with Gasteiger partial charge in [0.1, 0.15) is 17.5 Å². The molecule has 0 fully saturated rings. The Morgan fingerprint density at radius 3 is 2.57 bits per heavy atom. The van der Waals surface area contributed by atoms with E-state index in [4.69, 9.17) is 11.6 Å². The number of carbonyl (C=O) groups is 1. The van der Waals surface area contributed by atoms with E-state index < -0.39 is 11.7 Å². The second-order valence-corrected chi connectivity index (χ2v) is 8.18. The summed E-state index contributed by atoms with van der Waals surface area (Å²) in [4.78, 5) is 14.6. The fourth-order valence-electron chi connectivity index (χ4n) is 3.84. The van der Waals surface area contributed by atoms with Gasteiger partial charge in [0, 0.05) is 34.1 Å². The van der Waals surface area contributed by atoms with Gasteiger partial charge in [-0.15, -0.1) is 0 Å². The molecule has 30 heavy (non-hydrogen) atoms. The van der Waals surface area contributed by atoms with Gasteiger partial charge in [0.25, 0.3) is 5.91 Å². The quantitative estimate of drug-likeness (QED) is 0.481. The highest BCUT2D eigenvalue weighted by atomic mass is 35.5. The summed E-state index contributed by atoms with van der Waals surface area (Å²) < 4.78 is 15.0. The highest BCUT2D eigenvalue weighted by Crippen LogP contribution is 2.40. The number of allylic oxidation sites excluding steroid dienone is 1. The lowest BCUT2D eigenvalue weighted by atomic mass is 9.87. The van der Waals surface area contributed by atoms with Gasteiger partial charge in [-0.25, -0.2) is 4.39 Å². The topological polar surface area (TPSA) is 56.1 Å². The van der Waals surface area contributed by atoms with Gasteiger partial charge in [0.05, 0.1) is 5.54 Å². The molecule has 0 unspecified atom stereocenters. The van der Waals surface area contributed by atoms with Crippen LogP contribution in [0, 0.1) is 17.1 Å².